The van der Waals surface area contributed by atoms with Gasteiger partial charge >= 0.3 is 0 Å². The predicted octanol–water partition coefficient (Wildman–Crippen LogP) is 5.37. The second kappa shape index (κ2) is 6.64. The molecule has 0 N–H and O–H groups in total. The van der Waals surface area contributed by atoms with Crippen molar-refractivity contribution in [1.82, 2.24) is 9.55 Å². The van der Waals surface area contributed by atoms with Gasteiger partial charge in [-0.15, -0.1) is 0 Å². The Morgan fingerprint density at radius 1 is 1.45 bits per heavy atom. The molecule has 2 heterocycles. The molecule has 0 saturated heterocycles. The molecule has 0 spiro atoms. The minimum absolute atomic E-state index is 0.523. The van der Waals surface area contributed by atoms with Crippen molar-refractivity contribution in [2.24, 2.45) is 0 Å². The minimum Gasteiger partial charge on any atom is -0.361 e. The Hall–Kier alpha value is 0.367. The summed E-state index contributed by atoms with van der Waals surface area (Å²) in [6.45, 7) is 8.38. The molecule has 3 nitrogen and oxygen atoms in total. The fourth-order valence-electron chi connectivity index (χ4n) is 1.79. The lowest BCUT2D eigenvalue weighted by atomic mass is 10.3. The molecule has 0 aliphatic heterocycles. The van der Waals surface area contributed by atoms with Crippen molar-refractivity contribution in [3.63, 3.8) is 0 Å². The first-order valence-electron chi connectivity index (χ1n) is 6.36. The van der Waals surface area contributed by atoms with Crippen LogP contribution in [0.5, 0.6) is 0 Å². The van der Waals surface area contributed by atoms with Crippen molar-refractivity contribution < 1.29 is 4.74 Å². The van der Waals surface area contributed by atoms with Crippen LogP contribution in [0.3, 0.4) is 0 Å². The van der Waals surface area contributed by atoms with Crippen LogP contribution in [0.1, 0.15) is 0 Å². The molecule has 7 heteroatoms. The van der Waals surface area contributed by atoms with Crippen LogP contribution in [0.25, 0.3) is 11.0 Å². The number of ether oxygens (including phenoxy) is 1. The molecule has 0 saturated carbocycles. The summed E-state index contributed by atoms with van der Waals surface area (Å²) in [7, 11) is -1.04. The smallest absolute Gasteiger partial charge is 0.144 e. The quantitative estimate of drug-likeness (QED) is 0.322. The van der Waals surface area contributed by atoms with Crippen LogP contribution in [0.15, 0.2) is 16.9 Å². The maximum atomic E-state index is 6.33. The molecule has 2 aromatic rings. The van der Waals surface area contributed by atoms with Gasteiger partial charge in [0.05, 0.1) is 14.9 Å². The maximum Gasteiger partial charge on any atom is 0.144 e. The van der Waals surface area contributed by atoms with Gasteiger partial charge in [0.2, 0.25) is 0 Å². The molecule has 2 rings (SSSR count). The lowest BCUT2D eigenvalue weighted by molar-refractivity contribution is 0.0898. The van der Waals surface area contributed by atoms with Gasteiger partial charge in [-0.1, -0.05) is 31.2 Å². The highest BCUT2D eigenvalue weighted by atomic mass is 127. The standard InChI is InChI=1S/C13H17BrClIN2OSi/c1-20(2,3)5-4-19-8-18-7-10(16)11-12(15)9(14)6-17-13(11)18/h6-7H,4-5,8H2,1-3H3. The zero-order valence-electron chi connectivity index (χ0n) is 11.7. The molecule has 0 fully saturated rings. The fraction of sp³-hybridized carbons (Fsp3) is 0.462. The van der Waals surface area contributed by atoms with Crippen LogP contribution in [-0.4, -0.2) is 24.2 Å². The van der Waals surface area contributed by atoms with E-state index in [1.807, 2.05) is 10.8 Å². The summed E-state index contributed by atoms with van der Waals surface area (Å²) < 4.78 is 9.71. The Bertz CT molecular complexity index is 627. The summed E-state index contributed by atoms with van der Waals surface area (Å²) in [5.41, 5.74) is 0.871. The van der Waals surface area contributed by atoms with Gasteiger partial charge in [0.1, 0.15) is 12.4 Å². The van der Waals surface area contributed by atoms with E-state index < -0.39 is 8.07 Å². The maximum absolute atomic E-state index is 6.33. The fourth-order valence-corrected chi connectivity index (χ4v) is 4.09. The molecular weight excluding hydrogens is 471 g/mol. The van der Waals surface area contributed by atoms with E-state index in [0.29, 0.717) is 11.8 Å². The van der Waals surface area contributed by atoms with Crippen LogP contribution < -0.4 is 0 Å². The van der Waals surface area contributed by atoms with Crippen LogP contribution in [0, 0.1) is 3.57 Å². The Morgan fingerprint density at radius 3 is 2.80 bits per heavy atom. The zero-order chi connectivity index (χ0) is 14.9. The first-order chi connectivity index (χ1) is 9.29. The van der Waals surface area contributed by atoms with Crippen molar-refractivity contribution >= 4 is 69.2 Å². The normalized spacial score (nSPS) is 12.3. The average Bonchev–Trinajstić information content (AvgIpc) is 2.66. The van der Waals surface area contributed by atoms with E-state index >= 15 is 0 Å². The lowest BCUT2D eigenvalue weighted by Gasteiger charge is -2.15. The number of halogens is 3. The Labute approximate surface area is 147 Å². The molecule has 0 aliphatic rings. The van der Waals surface area contributed by atoms with E-state index in [0.717, 1.165) is 25.7 Å². The summed E-state index contributed by atoms with van der Waals surface area (Å²) in [5, 5.41) is 1.69. The molecule has 0 radical (unpaired) electrons. The molecule has 0 unspecified atom stereocenters. The molecule has 0 amide bonds. The van der Waals surface area contributed by atoms with Gasteiger partial charge in [-0.25, -0.2) is 4.98 Å². The first-order valence-corrected chi connectivity index (χ1v) is 12.3. The highest BCUT2D eigenvalue weighted by Gasteiger charge is 2.15. The van der Waals surface area contributed by atoms with E-state index in [1.165, 1.54) is 6.04 Å². The van der Waals surface area contributed by atoms with Crippen molar-refractivity contribution in [2.45, 2.75) is 32.4 Å². The molecule has 20 heavy (non-hydrogen) atoms. The number of pyridine rings is 1. The number of hydrogen-bond acceptors (Lipinski definition) is 2. The predicted molar refractivity (Wildman–Crippen MR) is 99.3 cm³/mol. The van der Waals surface area contributed by atoms with Gasteiger partial charge < -0.3 is 9.30 Å². The second-order valence-corrected chi connectivity index (χ2v) is 13.9. The van der Waals surface area contributed by atoms with E-state index in [4.69, 9.17) is 16.3 Å². The Balaban J connectivity index is 2.14. The number of rotatable bonds is 5. The summed E-state index contributed by atoms with van der Waals surface area (Å²) in [5.74, 6) is 0. The second-order valence-electron chi connectivity index (χ2n) is 5.91. The van der Waals surface area contributed by atoms with Gasteiger partial charge in [0, 0.05) is 30.6 Å². The molecule has 0 atom stereocenters. The van der Waals surface area contributed by atoms with E-state index in [9.17, 15) is 0 Å². The highest BCUT2D eigenvalue weighted by molar-refractivity contribution is 14.1. The highest BCUT2D eigenvalue weighted by Crippen LogP contribution is 2.33. The summed E-state index contributed by atoms with van der Waals surface area (Å²) in [6.07, 6.45) is 3.77. The third kappa shape index (κ3) is 3.97. The number of fused-ring (bicyclic) bond motifs is 1. The van der Waals surface area contributed by atoms with Gasteiger partial charge in [-0.05, 0) is 44.6 Å². The Morgan fingerprint density at radius 2 is 2.15 bits per heavy atom. The van der Waals surface area contributed by atoms with Crippen molar-refractivity contribution in [3.05, 3.63) is 25.5 Å². The van der Waals surface area contributed by atoms with Crippen molar-refractivity contribution in [3.8, 4) is 0 Å². The van der Waals surface area contributed by atoms with Crippen LogP contribution in [0.2, 0.25) is 30.7 Å². The molecular formula is C13H17BrClIN2OSi. The number of aromatic nitrogens is 2. The van der Waals surface area contributed by atoms with Gasteiger partial charge in [0.25, 0.3) is 0 Å². The third-order valence-electron chi connectivity index (χ3n) is 2.96. The molecule has 0 aromatic carbocycles. The van der Waals surface area contributed by atoms with Gasteiger partial charge in [0.15, 0.2) is 0 Å². The number of hydrogen-bond donors (Lipinski definition) is 0. The molecule has 110 valence electrons. The van der Waals surface area contributed by atoms with Crippen molar-refractivity contribution in [1.29, 1.82) is 0 Å². The third-order valence-corrected chi connectivity index (χ3v) is 6.70. The van der Waals surface area contributed by atoms with Crippen LogP contribution in [-0.2, 0) is 11.5 Å². The molecule has 2 aromatic heterocycles. The summed E-state index contributed by atoms with van der Waals surface area (Å²) in [4.78, 5) is 4.45. The van der Waals surface area contributed by atoms with Gasteiger partial charge in [-0.3, -0.25) is 0 Å². The SMILES string of the molecule is C[Si](C)(C)CCOCn1cc(I)c2c(Cl)c(Br)cnc21. The average molecular weight is 488 g/mol. The molecule has 0 aliphatic carbocycles. The van der Waals surface area contributed by atoms with Crippen molar-refractivity contribution in [2.75, 3.05) is 6.61 Å². The monoisotopic (exact) mass is 486 g/mol. The van der Waals surface area contributed by atoms with Crippen LogP contribution >= 0.6 is 50.1 Å². The number of nitrogens with zero attached hydrogens (tertiary/aromatic N) is 2. The zero-order valence-corrected chi connectivity index (χ0v) is 17.2. The lowest BCUT2D eigenvalue weighted by Crippen LogP contribution is -2.22. The minimum atomic E-state index is -1.04. The van der Waals surface area contributed by atoms with Gasteiger partial charge in [-0.2, -0.15) is 0 Å². The first kappa shape index (κ1) is 16.7. The Kier molecular flexibility index (Phi) is 5.56. The van der Waals surface area contributed by atoms with E-state index in [2.05, 4.69) is 63.1 Å². The summed E-state index contributed by atoms with van der Waals surface area (Å²) in [6, 6.07) is 1.17. The van der Waals surface area contributed by atoms with E-state index in [1.54, 1.807) is 6.20 Å². The van der Waals surface area contributed by atoms with Crippen LogP contribution in [0.4, 0.5) is 0 Å². The van der Waals surface area contributed by atoms with E-state index in [-0.39, 0.29) is 0 Å². The summed E-state index contributed by atoms with van der Waals surface area (Å²) >= 11 is 12.0. The molecule has 0 bridgehead atoms. The topological polar surface area (TPSA) is 27.1 Å². The largest absolute Gasteiger partial charge is 0.361 e.